The Morgan fingerprint density at radius 2 is 1.91 bits per heavy atom. The van der Waals surface area contributed by atoms with Gasteiger partial charge in [-0.3, -0.25) is 9.59 Å². The zero-order valence-corrected chi connectivity index (χ0v) is 13.2. The molecule has 1 fully saturated rings. The van der Waals surface area contributed by atoms with Crippen molar-refractivity contribution in [2.45, 2.75) is 51.5 Å². The molecule has 0 radical (unpaired) electrons. The van der Waals surface area contributed by atoms with Crippen LogP contribution in [0.2, 0.25) is 0 Å². The van der Waals surface area contributed by atoms with Crippen LogP contribution >= 0.6 is 0 Å². The second-order valence-corrected chi connectivity index (χ2v) is 6.53. The fraction of sp³-hybridized carbons (Fsp3) is 0.556. The zero-order valence-electron chi connectivity index (χ0n) is 13.2. The van der Waals surface area contributed by atoms with E-state index < -0.39 is 11.8 Å². The maximum absolute atomic E-state index is 12.6. The van der Waals surface area contributed by atoms with Gasteiger partial charge in [-0.15, -0.1) is 0 Å². The van der Waals surface area contributed by atoms with Gasteiger partial charge in [0.2, 0.25) is 0 Å². The molecule has 0 saturated heterocycles. The Bertz CT molecular complexity index is 570. The van der Waals surface area contributed by atoms with Crippen molar-refractivity contribution in [2.24, 2.45) is 5.92 Å². The number of carbonyl (C=O) groups excluding carboxylic acids is 2. The van der Waals surface area contributed by atoms with Gasteiger partial charge in [0.1, 0.15) is 0 Å². The van der Waals surface area contributed by atoms with Gasteiger partial charge < -0.3 is 10.2 Å². The minimum absolute atomic E-state index is 0.144. The molecule has 2 amide bonds. The SMILES string of the molecule is CC1CCCCC1NC(=O)C(=O)N1CCCc2ccccc21. The van der Waals surface area contributed by atoms with Gasteiger partial charge in [0.05, 0.1) is 0 Å². The number of fused-ring (bicyclic) bond motifs is 1. The second-order valence-electron chi connectivity index (χ2n) is 6.53. The monoisotopic (exact) mass is 300 g/mol. The number of rotatable bonds is 1. The van der Waals surface area contributed by atoms with Crippen molar-refractivity contribution in [1.29, 1.82) is 0 Å². The van der Waals surface area contributed by atoms with Crippen LogP contribution in [0.25, 0.3) is 0 Å². The summed E-state index contributed by atoms with van der Waals surface area (Å²) in [5, 5.41) is 2.97. The van der Waals surface area contributed by atoms with E-state index in [-0.39, 0.29) is 6.04 Å². The zero-order chi connectivity index (χ0) is 15.5. The van der Waals surface area contributed by atoms with Gasteiger partial charge in [0.25, 0.3) is 0 Å². The van der Waals surface area contributed by atoms with Crippen LogP contribution in [0.4, 0.5) is 5.69 Å². The van der Waals surface area contributed by atoms with Crippen LogP contribution in [0.3, 0.4) is 0 Å². The Morgan fingerprint density at radius 1 is 1.14 bits per heavy atom. The fourth-order valence-corrected chi connectivity index (χ4v) is 3.63. The molecule has 4 nitrogen and oxygen atoms in total. The van der Waals surface area contributed by atoms with Gasteiger partial charge in [-0.2, -0.15) is 0 Å². The number of aryl methyl sites for hydroxylation is 1. The summed E-state index contributed by atoms with van der Waals surface area (Å²) in [4.78, 5) is 26.6. The highest BCUT2D eigenvalue weighted by Crippen LogP contribution is 2.27. The summed E-state index contributed by atoms with van der Waals surface area (Å²) >= 11 is 0. The standard InChI is InChI=1S/C18H24N2O2/c1-13-7-2-4-10-15(13)19-17(21)18(22)20-12-6-9-14-8-3-5-11-16(14)20/h3,5,8,11,13,15H,2,4,6-7,9-10,12H2,1H3,(H,19,21). The van der Waals surface area contributed by atoms with Crippen LogP contribution in [0.1, 0.15) is 44.6 Å². The molecule has 1 N–H and O–H groups in total. The third-order valence-electron chi connectivity index (χ3n) is 4.98. The predicted molar refractivity (Wildman–Crippen MR) is 86.7 cm³/mol. The number of nitrogens with zero attached hydrogens (tertiary/aromatic N) is 1. The summed E-state index contributed by atoms with van der Waals surface area (Å²) in [6, 6.07) is 8.02. The minimum Gasteiger partial charge on any atom is -0.345 e. The number of carbonyl (C=O) groups is 2. The molecule has 0 bridgehead atoms. The number of benzene rings is 1. The van der Waals surface area contributed by atoms with E-state index in [2.05, 4.69) is 12.2 Å². The van der Waals surface area contributed by atoms with Crippen LogP contribution in [0.15, 0.2) is 24.3 Å². The molecule has 0 aromatic heterocycles. The first-order chi connectivity index (χ1) is 10.7. The van der Waals surface area contributed by atoms with Crippen molar-refractivity contribution in [3.05, 3.63) is 29.8 Å². The molecule has 3 rings (SSSR count). The van der Waals surface area contributed by atoms with E-state index >= 15 is 0 Å². The molecule has 1 saturated carbocycles. The highest BCUT2D eigenvalue weighted by molar-refractivity contribution is 6.40. The smallest absolute Gasteiger partial charge is 0.316 e. The lowest BCUT2D eigenvalue weighted by molar-refractivity contribution is -0.138. The summed E-state index contributed by atoms with van der Waals surface area (Å²) in [6.07, 6.45) is 6.36. The molecule has 1 heterocycles. The maximum Gasteiger partial charge on any atom is 0.316 e. The number of nitrogens with one attached hydrogen (secondary N) is 1. The summed E-state index contributed by atoms with van der Waals surface area (Å²) in [5.74, 6) is -0.403. The quantitative estimate of drug-likeness (QED) is 0.811. The number of hydrogen-bond acceptors (Lipinski definition) is 2. The van der Waals surface area contributed by atoms with Crippen molar-refractivity contribution in [1.82, 2.24) is 5.32 Å². The third kappa shape index (κ3) is 3.01. The van der Waals surface area contributed by atoms with Crippen LogP contribution in [-0.2, 0) is 16.0 Å². The van der Waals surface area contributed by atoms with E-state index in [0.29, 0.717) is 12.5 Å². The average Bonchev–Trinajstić information content (AvgIpc) is 2.55. The molecule has 2 aliphatic rings. The molecule has 1 aliphatic carbocycles. The van der Waals surface area contributed by atoms with E-state index in [1.807, 2.05) is 24.3 Å². The summed E-state index contributed by atoms with van der Waals surface area (Å²) < 4.78 is 0. The molecule has 0 spiro atoms. The van der Waals surface area contributed by atoms with Crippen molar-refractivity contribution < 1.29 is 9.59 Å². The molecular weight excluding hydrogens is 276 g/mol. The van der Waals surface area contributed by atoms with Gasteiger partial charge >= 0.3 is 11.8 Å². The topological polar surface area (TPSA) is 49.4 Å². The van der Waals surface area contributed by atoms with Gasteiger partial charge in [0.15, 0.2) is 0 Å². The van der Waals surface area contributed by atoms with E-state index in [4.69, 9.17) is 0 Å². The molecule has 4 heteroatoms. The lowest BCUT2D eigenvalue weighted by Crippen LogP contribution is -2.50. The van der Waals surface area contributed by atoms with Crippen molar-refractivity contribution in [3.63, 3.8) is 0 Å². The van der Waals surface area contributed by atoms with Crippen LogP contribution in [0.5, 0.6) is 0 Å². The molecule has 1 aromatic carbocycles. The summed E-state index contributed by atoms with van der Waals surface area (Å²) in [6.45, 7) is 2.79. The molecule has 2 unspecified atom stereocenters. The van der Waals surface area contributed by atoms with E-state index in [1.54, 1.807) is 4.90 Å². The average molecular weight is 300 g/mol. The van der Waals surface area contributed by atoms with Gasteiger partial charge in [-0.1, -0.05) is 38.0 Å². The normalized spacial score (nSPS) is 24.5. The number of hydrogen-bond donors (Lipinski definition) is 1. The fourth-order valence-electron chi connectivity index (χ4n) is 3.63. The van der Waals surface area contributed by atoms with E-state index in [1.165, 1.54) is 6.42 Å². The maximum atomic E-state index is 12.6. The Balaban J connectivity index is 1.70. The first-order valence-corrected chi connectivity index (χ1v) is 8.37. The van der Waals surface area contributed by atoms with Gasteiger partial charge in [0, 0.05) is 18.3 Å². The first kappa shape index (κ1) is 15.1. The predicted octanol–water partition coefficient (Wildman–Crippen LogP) is 2.66. The Kier molecular flexibility index (Phi) is 4.46. The van der Waals surface area contributed by atoms with Crippen LogP contribution < -0.4 is 10.2 Å². The number of anilines is 1. The second kappa shape index (κ2) is 6.51. The summed E-state index contributed by atoms with van der Waals surface area (Å²) in [5.41, 5.74) is 2.05. The molecule has 2 atom stereocenters. The summed E-state index contributed by atoms with van der Waals surface area (Å²) in [7, 11) is 0. The molecule has 22 heavy (non-hydrogen) atoms. The minimum atomic E-state index is -0.449. The highest BCUT2D eigenvalue weighted by atomic mass is 16.2. The van der Waals surface area contributed by atoms with Crippen LogP contribution in [0, 0.1) is 5.92 Å². The molecule has 1 aliphatic heterocycles. The van der Waals surface area contributed by atoms with Crippen LogP contribution in [-0.4, -0.2) is 24.4 Å². The van der Waals surface area contributed by atoms with Crippen molar-refractivity contribution in [2.75, 3.05) is 11.4 Å². The Labute approximate surface area is 131 Å². The van der Waals surface area contributed by atoms with E-state index in [9.17, 15) is 9.59 Å². The van der Waals surface area contributed by atoms with Gasteiger partial charge in [-0.05, 0) is 43.2 Å². The molecule has 1 aromatic rings. The Morgan fingerprint density at radius 3 is 2.73 bits per heavy atom. The highest BCUT2D eigenvalue weighted by Gasteiger charge is 2.30. The largest absolute Gasteiger partial charge is 0.345 e. The number of para-hydroxylation sites is 1. The lowest BCUT2D eigenvalue weighted by Gasteiger charge is -2.32. The van der Waals surface area contributed by atoms with Crippen molar-refractivity contribution in [3.8, 4) is 0 Å². The van der Waals surface area contributed by atoms with Crippen molar-refractivity contribution >= 4 is 17.5 Å². The first-order valence-electron chi connectivity index (χ1n) is 8.37. The van der Waals surface area contributed by atoms with Gasteiger partial charge in [-0.25, -0.2) is 0 Å². The third-order valence-corrected chi connectivity index (χ3v) is 4.98. The lowest BCUT2D eigenvalue weighted by atomic mass is 9.86. The number of amides is 2. The Hall–Kier alpha value is -1.84. The van der Waals surface area contributed by atoms with E-state index in [0.717, 1.165) is 43.4 Å². The molecular formula is C18H24N2O2. The molecule has 118 valence electrons.